The topological polar surface area (TPSA) is 43.6 Å². The highest BCUT2D eigenvalue weighted by molar-refractivity contribution is 5.87. The normalized spacial score (nSPS) is 16.1. The minimum atomic E-state index is 0.156. The highest BCUT2D eigenvalue weighted by Gasteiger charge is 2.21. The zero-order valence-corrected chi connectivity index (χ0v) is 14.7. The van der Waals surface area contributed by atoms with E-state index in [0.717, 1.165) is 22.4 Å². The molecule has 2 aromatic heterocycles. The number of imidazole rings is 1. The van der Waals surface area contributed by atoms with Gasteiger partial charge in [-0.1, -0.05) is 57.9 Å². The van der Waals surface area contributed by atoms with E-state index >= 15 is 0 Å². The maximum absolute atomic E-state index is 4.65. The fraction of sp³-hybridized carbons (Fsp3) is 0.450. The van der Waals surface area contributed by atoms with Crippen LogP contribution in [-0.2, 0) is 5.41 Å². The molecule has 24 heavy (non-hydrogen) atoms. The molecule has 4 nitrogen and oxygen atoms in total. The highest BCUT2D eigenvalue weighted by Crippen LogP contribution is 2.33. The average molecular weight is 320 g/mol. The van der Waals surface area contributed by atoms with E-state index in [1.165, 1.54) is 31.2 Å². The summed E-state index contributed by atoms with van der Waals surface area (Å²) >= 11 is 0. The second-order valence-corrected chi connectivity index (χ2v) is 7.81. The van der Waals surface area contributed by atoms with Crippen molar-refractivity contribution in [1.82, 2.24) is 19.5 Å². The quantitative estimate of drug-likeness (QED) is 0.674. The predicted octanol–water partition coefficient (Wildman–Crippen LogP) is 4.91. The van der Waals surface area contributed by atoms with E-state index in [1.807, 2.05) is 6.33 Å². The third-order valence-corrected chi connectivity index (χ3v) is 5.10. The van der Waals surface area contributed by atoms with Crippen LogP contribution in [0.5, 0.6) is 0 Å². The van der Waals surface area contributed by atoms with Gasteiger partial charge in [0.05, 0.1) is 6.33 Å². The van der Waals surface area contributed by atoms with E-state index in [0.29, 0.717) is 6.04 Å². The van der Waals surface area contributed by atoms with Gasteiger partial charge in [-0.05, 0) is 23.8 Å². The Morgan fingerprint density at radius 3 is 2.33 bits per heavy atom. The lowest BCUT2D eigenvalue weighted by Crippen LogP contribution is -2.10. The van der Waals surface area contributed by atoms with Gasteiger partial charge in [0.2, 0.25) is 0 Å². The van der Waals surface area contributed by atoms with Crippen molar-refractivity contribution in [3.05, 3.63) is 42.5 Å². The summed E-state index contributed by atoms with van der Waals surface area (Å²) < 4.78 is 2.25. The van der Waals surface area contributed by atoms with Crippen molar-refractivity contribution in [2.45, 2.75) is 57.9 Å². The molecule has 4 rings (SSSR count). The molecular weight excluding hydrogens is 296 g/mol. The van der Waals surface area contributed by atoms with Crippen molar-refractivity contribution in [3.63, 3.8) is 0 Å². The summed E-state index contributed by atoms with van der Waals surface area (Å²) in [6.07, 6.45) is 8.67. The van der Waals surface area contributed by atoms with E-state index in [1.54, 1.807) is 6.33 Å². The first kappa shape index (κ1) is 15.3. The molecule has 2 heterocycles. The second kappa shape index (κ2) is 5.69. The first-order chi connectivity index (χ1) is 11.5. The van der Waals surface area contributed by atoms with Gasteiger partial charge < -0.3 is 4.57 Å². The molecular formula is C20H24N4. The summed E-state index contributed by atoms with van der Waals surface area (Å²) in [6, 6.07) is 9.23. The largest absolute Gasteiger partial charge is 0.312 e. The van der Waals surface area contributed by atoms with Crippen molar-refractivity contribution in [1.29, 1.82) is 0 Å². The Balaban J connectivity index is 1.77. The molecule has 0 spiro atoms. The Morgan fingerprint density at radius 2 is 1.67 bits per heavy atom. The maximum atomic E-state index is 4.65. The van der Waals surface area contributed by atoms with Gasteiger partial charge in [0.25, 0.3) is 0 Å². The molecule has 0 radical (unpaired) electrons. The third-order valence-electron chi connectivity index (χ3n) is 5.10. The number of rotatable bonds is 2. The summed E-state index contributed by atoms with van der Waals surface area (Å²) in [5.41, 5.74) is 5.39. The van der Waals surface area contributed by atoms with Crippen LogP contribution in [0.1, 0.15) is 58.1 Å². The molecule has 0 aliphatic heterocycles. The van der Waals surface area contributed by atoms with Crippen LogP contribution >= 0.6 is 0 Å². The molecule has 124 valence electrons. The minimum Gasteiger partial charge on any atom is -0.312 e. The number of fused-ring (bicyclic) bond motifs is 1. The smallest absolute Gasteiger partial charge is 0.164 e. The van der Waals surface area contributed by atoms with Gasteiger partial charge >= 0.3 is 0 Å². The molecule has 1 fully saturated rings. The Morgan fingerprint density at radius 1 is 0.958 bits per heavy atom. The summed E-state index contributed by atoms with van der Waals surface area (Å²) in [6.45, 7) is 6.69. The van der Waals surface area contributed by atoms with Crippen LogP contribution in [0.25, 0.3) is 22.4 Å². The summed E-state index contributed by atoms with van der Waals surface area (Å²) in [5.74, 6) is 0. The van der Waals surface area contributed by atoms with Gasteiger partial charge in [0.1, 0.15) is 17.5 Å². The molecule has 0 saturated heterocycles. The van der Waals surface area contributed by atoms with E-state index in [2.05, 4.69) is 64.6 Å². The second-order valence-electron chi connectivity index (χ2n) is 7.81. The molecule has 1 aliphatic carbocycles. The number of hydrogen-bond donors (Lipinski definition) is 0. The fourth-order valence-electron chi connectivity index (χ4n) is 3.64. The van der Waals surface area contributed by atoms with E-state index in [-0.39, 0.29) is 5.41 Å². The lowest BCUT2D eigenvalue weighted by Gasteiger charge is -2.19. The van der Waals surface area contributed by atoms with Crippen LogP contribution in [0.2, 0.25) is 0 Å². The predicted molar refractivity (Wildman–Crippen MR) is 97.0 cm³/mol. The van der Waals surface area contributed by atoms with Crippen molar-refractivity contribution in [2.75, 3.05) is 0 Å². The SMILES string of the molecule is CC(C)(C)c1ccc(-c2ncnc3c2ncn3C2CCCC2)cc1. The van der Waals surface area contributed by atoms with E-state index in [4.69, 9.17) is 0 Å². The molecule has 4 heteroatoms. The van der Waals surface area contributed by atoms with Crippen molar-refractivity contribution < 1.29 is 0 Å². The molecule has 1 aromatic carbocycles. The monoisotopic (exact) mass is 320 g/mol. The van der Waals surface area contributed by atoms with E-state index < -0.39 is 0 Å². The maximum Gasteiger partial charge on any atom is 0.164 e. The summed E-state index contributed by atoms with van der Waals surface area (Å²) in [5, 5.41) is 0. The molecule has 3 aromatic rings. The number of benzene rings is 1. The van der Waals surface area contributed by atoms with Crippen molar-refractivity contribution >= 4 is 11.2 Å². The zero-order valence-electron chi connectivity index (χ0n) is 14.7. The zero-order chi connectivity index (χ0) is 16.7. The molecule has 0 unspecified atom stereocenters. The molecule has 0 bridgehead atoms. The molecule has 1 aliphatic rings. The minimum absolute atomic E-state index is 0.156. The average Bonchev–Trinajstić information content (AvgIpc) is 3.22. The Bertz CT molecular complexity index is 849. The number of aromatic nitrogens is 4. The summed E-state index contributed by atoms with van der Waals surface area (Å²) in [7, 11) is 0. The lowest BCUT2D eigenvalue weighted by atomic mass is 9.86. The Kier molecular flexibility index (Phi) is 3.63. The summed E-state index contributed by atoms with van der Waals surface area (Å²) in [4.78, 5) is 13.7. The van der Waals surface area contributed by atoms with Crippen LogP contribution < -0.4 is 0 Å². The number of nitrogens with zero attached hydrogens (tertiary/aromatic N) is 4. The van der Waals surface area contributed by atoms with Crippen LogP contribution in [0.15, 0.2) is 36.9 Å². The Hall–Kier alpha value is -2.23. The van der Waals surface area contributed by atoms with Crippen LogP contribution in [0, 0.1) is 0 Å². The highest BCUT2D eigenvalue weighted by atomic mass is 15.1. The van der Waals surface area contributed by atoms with Crippen LogP contribution in [0.3, 0.4) is 0 Å². The van der Waals surface area contributed by atoms with Crippen LogP contribution in [0.4, 0.5) is 0 Å². The van der Waals surface area contributed by atoms with Gasteiger partial charge in [-0.3, -0.25) is 0 Å². The van der Waals surface area contributed by atoms with Gasteiger partial charge in [-0.25, -0.2) is 15.0 Å². The number of hydrogen-bond acceptors (Lipinski definition) is 3. The van der Waals surface area contributed by atoms with Crippen molar-refractivity contribution in [2.24, 2.45) is 0 Å². The van der Waals surface area contributed by atoms with Gasteiger partial charge in [-0.2, -0.15) is 0 Å². The Labute approximate surface area is 143 Å². The molecule has 1 saturated carbocycles. The lowest BCUT2D eigenvalue weighted by molar-refractivity contribution is 0.529. The first-order valence-electron chi connectivity index (χ1n) is 8.82. The third kappa shape index (κ3) is 2.60. The van der Waals surface area contributed by atoms with Gasteiger partial charge in [0, 0.05) is 11.6 Å². The first-order valence-corrected chi connectivity index (χ1v) is 8.82. The molecule has 0 amide bonds. The molecule has 0 N–H and O–H groups in total. The van der Waals surface area contributed by atoms with E-state index in [9.17, 15) is 0 Å². The molecule has 0 atom stereocenters. The fourth-order valence-corrected chi connectivity index (χ4v) is 3.64. The van der Waals surface area contributed by atoms with Crippen molar-refractivity contribution in [3.8, 4) is 11.3 Å². The van der Waals surface area contributed by atoms with Gasteiger partial charge in [-0.15, -0.1) is 0 Å². The standard InChI is InChI=1S/C20H24N4/c1-20(2,3)15-10-8-14(9-11-15)17-18-19(22-12-21-17)24(13-23-18)16-6-4-5-7-16/h8-13,16H,4-7H2,1-3H3. The van der Waals surface area contributed by atoms with Crippen LogP contribution in [-0.4, -0.2) is 19.5 Å². The van der Waals surface area contributed by atoms with Gasteiger partial charge in [0.15, 0.2) is 5.65 Å².